The standard InChI is InChI=1S/C15H23NO4S/c1-12(15(17)16-8-5-9-19-2)21(18)11-13-6-4-7-14(10-13)20-3/h4,6-7,10,12H,5,8-9,11H2,1-3H3,(H,16,17)/t12-,21-/m0/s1. The van der Waals surface area contributed by atoms with Crippen molar-refractivity contribution < 1.29 is 18.5 Å². The summed E-state index contributed by atoms with van der Waals surface area (Å²) >= 11 is 0. The Labute approximate surface area is 128 Å². The quantitative estimate of drug-likeness (QED) is 0.702. The first-order valence-electron chi connectivity index (χ1n) is 6.85. The second-order valence-corrected chi connectivity index (χ2v) is 6.41. The Bertz CT molecular complexity index is 478. The van der Waals surface area contributed by atoms with E-state index >= 15 is 0 Å². The van der Waals surface area contributed by atoms with E-state index in [-0.39, 0.29) is 5.91 Å². The van der Waals surface area contributed by atoms with Gasteiger partial charge in [-0.2, -0.15) is 0 Å². The SMILES string of the molecule is COCCCNC(=O)[C@H](C)[S@@](=O)Cc1cccc(OC)c1. The Hall–Kier alpha value is -1.40. The molecule has 0 saturated heterocycles. The lowest BCUT2D eigenvalue weighted by Crippen LogP contribution is -2.36. The predicted octanol–water partition coefficient (Wildman–Crippen LogP) is 1.49. The van der Waals surface area contributed by atoms with Gasteiger partial charge >= 0.3 is 0 Å². The van der Waals surface area contributed by atoms with Crippen LogP contribution in [0.1, 0.15) is 18.9 Å². The van der Waals surface area contributed by atoms with Gasteiger partial charge in [-0.25, -0.2) is 0 Å². The zero-order valence-corrected chi connectivity index (χ0v) is 13.6. The summed E-state index contributed by atoms with van der Waals surface area (Å²) in [7, 11) is 1.95. The van der Waals surface area contributed by atoms with E-state index in [2.05, 4.69) is 5.32 Å². The normalized spacial score (nSPS) is 13.5. The zero-order valence-electron chi connectivity index (χ0n) is 12.8. The summed E-state index contributed by atoms with van der Waals surface area (Å²) in [6.07, 6.45) is 0.747. The van der Waals surface area contributed by atoms with Crippen LogP contribution in [-0.4, -0.2) is 42.7 Å². The van der Waals surface area contributed by atoms with E-state index in [0.717, 1.165) is 17.7 Å². The van der Waals surface area contributed by atoms with E-state index in [9.17, 15) is 9.00 Å². The average molecular weight is 313 g/mol. The molecule has 0 saturated carbocycles. The largest absolute Gasteiger partial charge is 0.497 e. The van der Waals surface area contributed by atoms with Crippen molar-refractivity contribution in [3.05, 3.63) is 29.8 Å². The third-order valence-electron chi connectivity index (χ3n) is 3.03. The number of methoxy groups -OCH3 is 2. The molecule has 2 atom stereocenters. The molecule has 1 N–H and O–H groups in total. The molecular formula is C15H23NO4S. The van der Waals surface area contributed by atoms with E-state index in [1.165, 1.54) is 0 Å². The molecular weight excluding hydrogens is 290 g/mol. The topological polar surface area (TPSA) is 64.6 Å². The molecule has 0 aliphatic carbocycles. The third-order valence-corrected chi connectivity index (χ3v) is 4.65. The van der Waals surface area contributed by atoms with Crippen molar-refractivity contribution >= 4 is 16.7 Å². The fourth-order valence-corrected chi connectivity index (χ4v) is 2.82. The van der Waals surface area contributed by atoms with Crippen LogP contribution in [-0.2, 0) is 26.1 Å². The smallest absolute Gasteiger partial charge is 0.235 e. The van der Waals surface area contributed by atoms with Crippen molar-refractivity contribution in [1.82, 2.24) is 5.32 Å². The molecule has 1 rings (SSSR count). The van der Waals surface area contributed by atoms with Crippen LogP contribution in [0.15, 0.2) is 24.3 Å². The monoisotopic (exact) mass is 313 g/mol. The molecule has 0 aliphatic rings. The van der Waals surface area contributed by atoms with Gasteiger partial charge in [0.15, 0.2) is 0 Å². The molecule has 0 aromatic heterocycles. The lowest BCUT2D eigenvalue weighted by atomic mass is 10.2. The molecule has 21 heavy (non-hydrogen) atoms. The molecule has 1 amide bonds. The van der Waals surface area contributed by atoms with Crippen LogP contribution in [0.3, 0.4) is 0 Å². The van der Waals surface area contributed by atoms with Crippen molar-refractivity contribution in [3.8, 4) is 5.75 Å². The molecule has 5 nitrogen and oxygen atoms in total. The minimum atomic E-state index is -1.26. The molecule has 0 unspecified atom stereocenters. The van der Waals surface area contributed by atoms with Gasteiger partial charge in [-0.05, 0) is 31.0 Å². The Balaban J connectivity index is 2.47. The van der Waals surface area contributed by atoms with Crippen LogP contribution in [0, 0.1) is 0 Å². The number of ether oxygens (including phenoxy) is 2. The number of amides is 1. The van der Waals surface area contributed by atoms with Gasteiger partial charge in [0.2, 0.25) is 5.91 Å². The minimum absolute atomic E-state index is 0.188. The van der Waals surface area contributed by atoms with Crippen LogP contribution in [0.2, 0.25) is 0 Å². The van der Waals surface area contributed by atoms with Crippen molar-refractivity contribution in [3.63, 3.8) is 0 Å². The van der Waals surface area contributed by atoms with Gasteiger partial charge in [0.05, 0.1) is 7.11 Å². The van der Waals surface area contributed by atoms with Crippen molar-refractivity contribution in [2.45, 2.75) is 24.3 Å². The molecule has 0 bridgehead atoms. The van der Waals surface area contributed by atoms with E-state index in [1.54, 1.807) is 21.1 Å². The van der Waals surface area contributed by atoms with Gasteiger partial charge in [0.1, 0.15) is 11.0 Å². The number of carbonyl (C=O) groups is 1. The number of hydrogen-bond donors (Lipinski definition) is 1. The number of benzene rings is 1. The Morgan fingerprint density at radius 2 is 2.14 bits per heavy atom. The minimum Gasteiger partial charge on any atom is -0.497 e. The molecule has 1 aromatic carbocycles. The summed E-state index contributed by atoms with van der Waals surface area (Å²) in [5, 5.41) is 2.23. The maximum atomic E-state index is 12.2. The molecule has 0 heterocycles. The van der Waals surface area contributed by atoms with Gasteiger partial charge in [-0.1, -0.05) is 12.1 Å². The van der Waals surface area contributed by atoms with Gasteiger partial charge < -0.3 is 14.8 Å². The van der Waals surface area contributed by atoms with E-state index in [4.69, 9.17) is 9.47 Å². The van der Waals surface area contributed by atoms with Crippen LogP contribution >= 0.6 is 0 Å². The maximum absolute atomic E-state index is 12.2. The van der Waals surface area contributed by atoms with Crippen molar-refractivity contribution in [1.29, 1.82) is 0 Å². The highest BCUT2D eigenvalue weighted by Crippen LogP contribution is 2.15. The van der Waals surface area contributed by atoms with E-state index < -0.39 is 16.0 Å². The van der Waals surface area contributed by atoms with Gasteiger partial charge in [-0.3, -0.25) is 9.00 Å². The second-order valence-electron chi connectivity index (χ2n) is 4.66. The summed E-state index contributed by atoms with van der Waals surface area (Å²) in [6.45, 7) is 2.82. The van der Waals surface area contributed by atoms with Crippen LogP contribution in [0.5, 0.6) is 5.75 Å². The number of nitrogens with one attached hydrogen (secondary N) is 1. The molecule has 118 valence electrons. The number of rotatable bonds is 9. The fraction of sp³-hybridized carbons (Fsp3) is 0.533. The highest BCUT2D eigenvalue weighted by atomic mass is 32.2. The Morgan fingerprint density at radius 3 is 2.81 bits per heavy atom. The van der Waals surface area contributed by atoms with Gasteiger partial charge in [0.25, 0.3) is 0 Å². The Morgan fingerprint density at radius 1 is 1.38 bits per heavy atom. The van der Waals surface area contributed by atoms with Crippen molar-refractivity contribution in [2.24, 2.45) is 0 Å². The molecule has 1 aromatic rings. The Kier molecular flexibility index (Phi) is 8.00. The van der Waals surface area contributed by atoms with E-state index in [1.807, 2.05) is 24.3 Å². The van der Waals surface area contributed by atoms with E-state index in [0.29, 0.717) is 18.9 Å². The summed E-state index contributed by atoms with van der Waals surface area (Å²) in [5.41, 5.74) is 0.895. The van der Waals surface area contributed by atoms with Crippen LogP contribution in [0.25, 0.3) is 0 Å². The summed E-state index contributed by atoms with van der Waals surface area (Å²) in [5.74, 6) is 0.873. The molecule has 0 fully saturated rings. The summed E-state index contributed by atoms with van der Waals surface area (Å²) < 4.78 is 22.3. The lowest BCUT2D eigenvalue weighted by Gasteiger charge is -2.12. The highest BCUT2D eigenvalue weighted by Gasteiger charge is 2.19. The molecule has 6 heteroatoms. The summed E-state index contributed by atoms with van der Waals surface area (Å²) in [4.78, 5) is 11.9. The van der Waals surface area contributed by atoms with Crippen LogP contribution < -0.4 is 10.1 Å². The first kappa shape index (κ1) is 17.7. The first-order valence-corrected chi connectivity index (χ1v) is 8.23. The van der Waals surface area contributed by atoms with Gasteiger partial charge in [-0.15, -0.1) is 0 Å². The fourth-order valence-electron chi connectivity index (χ4n) is 1.74. The average Bonchev–Trinajstić information content (AvgIpc) is 2.50. The molecule has 0 radical (unpaired) electrons. The second kappa shape index (κ2) is 9.52. The number of hydrogen-bond acceptors (Lipinski definition) is 4. The maximum Gasteiger partial charge on any atom is 0.235 e. The predicted molar refractivity (Wildman–Crippen MR) is 83.8 cm³/mol. The highest BCUT2D eigenvalue weighted by molar-refractivity contribution is 7.85. The molecule has 0 spiro atoms. The lowest BCUT2D eigenvalue weighted by molar-refractivity contribution is -0.120. The zero-order chi connectivity index (χ0) is 15.7. The first-order chi connectivity index (χ1) is 10.1. The number of carbonyl (C=O) groups excluding carboxylic acids is 1. The van der Waals surface area contributed by atoms with Gasteiger partial charge in [0, 0.05) is 36.8 Å². The van der Waals surface area contributed by atoms with Crippen LogP contribution in [0.4, 0.5) is 0 Å². The summed E-state index contributed by atoms with van der Waals surface area (Å²) in [6, 6.07) is 7.39. The van der Waals surface area contributed by atoms with Crippen molar-refractivity contribution in [2.75, 3.05) is 27.4 Å². The third kappa shape index (κ3) is 6.27. The molecule has 0 aliphatic heterocycles.